The number of amides is 2. The molecule has 12 heteroatoms. The predicted octanol–water partition coefficient (Wildman–Crippen LogP) is 1.78. The van der Waals surface area contributed by atoms with Crippen molar-refractivity contribution in [1.29, 1.82) is 0 Å². The van der Waals surface area contributed by atoms with E-state index in [4.69, 9.17) is 9.47 Å². The van der Waals surface area contributed by atoms with E-state index in [1.807, 2.05) is 19.1 Å². The number of nitrogens with one attached hydrogen (secondary N) is 2. The first kappa shape index (κ1) is 33.3. The molecule has 11 nitrogen and oxygen atoms in total. The lowest BCUT2D eigenvalue weighted by atomic mass is 9.84. The Balaban J connectivity index is 1.66. The van der Waals surface area contributed by atoms with E-state index < -0.39 is 60.4 Å². The van der Waals surface area contributed by atoms with Crippen LogP contribution >= 0.6 is 11.8 Å². The van der Waals surface area contributed by atoms with Gasteiger partial charge in [0.2, 0.25) is 5.91 Å². The van der Waals surface area contributed by atoms with E-state index in [1.54, 1.807) is 23.9 Å². The Morgan fingerprint density at radius 1 is 1.15 bits per heavy atom. The molecule has 1 saturated heterocycles. The topological polar surface area (TPSA) is 175 Å². The van der Waals surface area contributed by atoms with Gasteiger partial charge in [-0.1, -0.05) is 38.3 Å². The highest BCUT2D eigenvalue weighted by Crippen LogP contribution is 2.34. The van der Waals surface area contributed by atoms with E-state index in [0.717, 1.165) is 24.3 Å². The van der Waals surface area contributed by atoms with Gasteiger partial charge < -0.3 is 40.5 Å². The number of hydrogen-bond donors (Lipinski definition) is 6. The van der Waals surface area contributed by atoms with Crippen molar-refractivity contribution in [3.63, 3.8) is 0 Å². The van der Waals surface area contributed by atoms with Gasteiger partial charge >= 0.3 is 5.97 Å². The zero-order valence-electron chi connectivity index (χ0n) is 23.8. The molecule has 2 amide bonds. The van der Waals surface area contributed by atoms with Crippen LogP contribution in [0.1, 0.15) is 80.6 Å². The monoisotopic (exact) mass is 596 g/mol. The summed E-state index contributed by atoms with van der Waals surface area (Å²) in [5.74, 6) is -2.67. The molecule has 1 aliphatic heterocycles. The second-order valence-corrected chi connectivity index (χ2v) is 12.2. The van der Waals surface area contributed by atoms with Crippen LogP contribution in [0.15, 0.2) is 24.3 Å². The van der Waals surface area contributed by atoms with Gasteiger partial charge in [-0.15, -0.1) is 0 Å². The number of benzene rings is 1. The van der Waals surface area contributed by atoms with Gasteiger partial charge in [-0.2, -0.15) is 11.8 Å². The Labute approximate surface area is 245 Å². The maximum Gasteiger partial charge on any atom is 0.364 e. The number of hydrogen-bond acceptors (Lipinski definition) is 9. The van der Waals surface area contributed by atoms with E-state index in [2.05, 4.69) is 10.6 Å². The van der Waals surface area contributed by atoms with Gasteiger partial charge in [-0.05, 0) is 54.4 Å². The van der Waals surface area contributed by atoms with E-state index in [9.17, 15) is 34.8 Å². The van der Waals surface area contributed by atoms with Crippen molar-refractivity contribution in [2.75, 3.05) is 24.7 Å². The van der Waals surface area contributed by atoms with Crippen molar-refractivity contribution < 1.29 is 44.3 Å². The minimum Gasteiger partial charge on any atom is -0.477 e. The Morgan fingerprint density at radius 3 is 2.44 bits per heavy atom. The number of aliphatic hydroxyl groups is 3. The van der Waals surface area contributed by atoms with E-state index in [0.29, 0.717) is 17.9 Å². The van der Waals surface area contributed by atoms with Gasteiger partial charge in [0.1, 0.15) is 12.2 Å². The molecule has 230 valence electrons. The fraction of sp³-hybridized carbons (Fsp3) is 0.690. The second kappa shape index (κ2) is 15.9. The molecule has 2 aliphatic rings. The SMILES string of the molecule is CCSCCCO[C@]1(C(=O)O)CC(O)[C@@H](NC(C)=O)C(C(O)[C@H](O)CNC(=O)c2ccc(C3CCCCC3)cc2)O1. The minimum absolute atomic E-state index is 0.0256. The van der Waals surface area contributed by atoms with Crippen LogP contribution in [0.5, 0.6) is 0 Å². The molecule has 0 bridgehead atoms. The fourth-order valence-corrected chi connectivity index (χ4v) is 6.08. The van der Waals surface area contributed by atoms with Crippen LogP contribution < -0.4 is 10.6 Å². The molecule has 3 rings (SSSR count). The number of carboxylic acids is 1. The summed E-state index contributed by atoms with van der Waals surface area (Å²) in [5.41, 5.74) is 1.59. The first-order valence-corrected chi connectivity index (χ1v) is 15.6. The zero-order valence-corrected chi connectivity index (χ0v) is 24.6. The van der Waals surface area contributed by atoms with Gasteiger partial charge in [0, 0.05) is 25.5 Å². The standard InChI is InChI=1S/C29H44N2O9S/c1-3-41-15-7-14-39-29(28(37)38)16-22(33)24(31-18(2)32)26(40-29)25(35)23(34)17-30-27(36)21-12-10-20(11-13-21)19-8-5-4-6-9-19/h10-13,19,22-26,33-35H,3-9,14-17H2,1-2H3,(H,30,36)(H,31,32)(H,37,38)/t22?,23-,24-,25?,26?,29-/m1/s1. The average Bonchev–Trinajstić information content (AvgIpc) is 2.96. The molecule has 0 radical (unpaired) electrons. The average molecular weight is 597 g/mol. The molecule has 0 aromatic heterocycles. The van der Waals surface area contributed by atoms with Crippen molar-refractivity contribution >= 4 is 29.5 Å². The summed E-state index contributed by atoms with van der Waals surface area (Å²) in [6, 6.07) is 6.11. The first-order valence-electron chi connectivity index (χ1n) is 14.4. The summed E-state index contributed by atoms with van der Waals surface area (Å²) in [5, 5.41) is 47.6. The highest BCUT2D eigenvalue weighted by molar-refractivity contribution is 7.99. The van der Waals surface area contributed by atoms with E-state index >= 15 is 0 Å². The van der Waals surface area contributed by atoms with Crippen molar-refractivity contribution in [3.8, 4) is 0 Å². The Bertz CT molecular complexity index is 1000. The number of thioether (sulfide) groups is 1. The molecule has 1 saturated carbocycles. The second-order valence-electron chi connectivity index (χ2n) is 10.8. The van der Waals surface area contributed by atoms with Crippen LogP contribution in [0.3, 0.4) is 0 Å². The first-order chi connectivity index (χ1) is 19.6. The minimum atomic E-state index is -2.29. The van der Waals surface area contributed by atoms with Crippen LogP contribution in [-0.4, -0.2) is 99.1 Å². The van der Waals surface area contributed by atoms with Gasteiger partial charge in [-0.3, -0.25) is 9.59 Å². The van der Waals surface area contributed by atoms with Crippen LogP contribution in [0.4, 0.5) is 0 Å². The number of aliphatic hydroxyl groups excluding tert-OH is 3. The van der Waals surface area contributed by atoms with Gasteiger partial charge in [0.15, 0.2) is 0 Å². The number of carbonyl (C=O) groups is 3. The molecule has 41 heavy (non-hydrogen) atoms. The lowest BCUT2D eigenvalue weighted by Gasteiger charge is -2.46. The Kier molecular flexibility index (Phi) is 12.9. The summed E-state index contributed by atoms with van der Waals surface area (Å²) in [4.78, 5) is 36.8. The van der Waals surface area contributed by atoms with Crippen LogP contribution in [0.25, 0.3) is 0 Å². The zero-order chi connectivity index (χ0) is 30.0. The number of carbonyl (C=O) groups excluding carboxylic acids is 2. The molecule has 1 aliphatic carbocycles. The molecular weight excluding hydrogens is 552 g/mol. The van der Waals surface area contributed by atoms with Crippen LogP contribution in [0.2, 0.25) is 0 Å². The maximum atomic E-state index is 12.8. The normalized spacial score (nSPS) is 26.6. The van der Waals surface area contributed by atoms with E-state index in [-0.39, 0.29) is 13.2 Å². The molecule has 0 spiro atoms. The van der Waals surface area contributed by atoms with Crippen molar-refractivity contribution in [2.45, 2.75) is 101 Å². The molecule has 2 fully saturated rings. The molecule has 1 aromatic rings. The summed E-state index contributed by atoms with van der Waals surface area (Å²) < 4.78 is 11.3. The highest BCUT2D eigenvalue weighted by Gasteiger charge is 2.55. The smallest absolute Gasteiger partial charge is 0.364 e. The number of aliphatic carboxylic acids is 1. The molecule has 1 heterocycles. The van der Waals surface area contributed by atoms with Crippen molar-refractivity contribution in [2.24, 2.45) is 0 Å². The molecule has 6 atom stereocenters. The number of rotatable bonds is 14. The quantitative estimate of drug-likeness (QED) is 0.174. The maximum absolute atomic E-state index is 12.8. The van der Waals surface area contributed by atoms with Gasteiger partial charge in [0.05, 0.1) is 24.9 Å². The Hall–Kier alpha value is -2.22. The third-order valence-corrected chi connectivity index (χ3v) is 8.68. The largest absolute Gasteiger partial charge is 0.477 e. The third kappa shape index (κ3) is 9.13. The third-order valence-electron chi connectivity index (χ3n) is 7.69. The highest BCUT2D eigenvalue weighted by atomic mass is 32.2. The molecule has 3 unspecified atom stereocenters. The lowest BCUT2D eigenvalue weighted by molar-refractivity contribution is -0.310. The van der Waals surface area contributed by atoms with Crippen LogP contribution in [0, 0.1) is 0 Å². The van der Waals surface area contributed by atoms with Crippen molar-refractivity contribution in [3.05, 3.63) is 35.4 Å². The van der Waals surface area contributed by atoms with Crippen molar-refractivity contribution in [1.82, 2.24) is 10.6 Å². The van der Waals surface area contributed by atoms with Gasteiger partial charge in [-0.25, -0.2) is 4.79 Å². The number of carboxylic acid groups (broad SMARTS) is 1. The number of ether oxygens (including phenoxy) is 2. The van der Waals surface area contributed by atoms with Gasteiger partial charge in [0.25, 0.3) is 11.7 Å². The van der Waals surface area contributed by atoms with E-state index in [1.165, 1.54) is 31.7 Å². The lowest BCUT2D eigenvalue weighted by Crippen LogP contribution is -2.68. The van der Waals surface area contributed by atoms with Crippen LogP contribution in [-0.2, 0) is 19.1 Å². The summed E-state index contributed by atoms with van der Waals surface area (Å²) in [6.07, 6.45) is -0.434. The Morgan fingerprint density at radius 2 is 1.83 bits per heavy atom. The summed E-state index contributed by atoms with van der Waals surface area (Å²) >= 11 is 1.66. The predicted molar refractivity (Wildman–Crippen MR) is 154 cm³/mol. The molecular formula is C29H44N2O9S. The molecule has 6 N–H and O–H groups in total. The summed E-state index contributed by atoms with van der Waals surface area (Å²) in [6.45, 7) is 2.84. The summed E-state index contributed by atoms with van der Waals surface area (Å²) in [7, 11) is 0. The fourth-order valence-electron chi connectivity index (χ4n) is 5.47. The molecule has 1 aromatic carbocycles.